The van der Waals surface area contributed by atoms with E-state index in [1.165, 1.54) is 18.5 Å². The molecule has 0 bridgehead atoms. The van der Waals surface area contributed by atoms with Crippen molar-refractivity contribution in [2.45, 2.75) is 12.8 Å². The summed E-state index contributed by atoms with van der Waals surface area (Å²) < 4.78 is 7.36. The molecular weight excluding hydrogens is 326 g/mol. The molecule has 0 atom stereocenters. The molecule has 1 aromatic carbocycles. The first-order valence-electron chi connectivity index (χ1n) is 9.39. The van der Waals surface area contributed by atoms with Gasteiger partial charge in [-0.3, -0.25) is 0 Å². The zero-order valence-electron chi connectivity index (χ0n) is 14.8. The lowest BCUT2D eigenvalue weighted by Crippen LogP contribution is -2.36. The second-order valence-electron chi connectivity index (χ2n) is 7.10. The molecular formula is C20H23N5O. The maximum absolute atomic E-state index is 5.43. The quantitative estimate of drug-likeness (QED) is 0.767. The highest BCUT2D eigenvalue weighted by atomic mass is 16.5. The number of hydrogen-bond donors (Lipinski definition) is 1. The number of benzene rings is 1. The summed E-state index contributed by atoms with van der Waals surface area (Å²) >= 11 is 0. The Kier molecular flexibility index (Phi) is 3.97. The highest BCUT2D eigenvalue weighted by Crippen LogP contribution is 2.29. The van der Waals surface area contributed by atoms with Gasteiger partial charge in [0.25, 0.3) is 0 Å². The van der Waals surface area contributed by atoms with Crippen LogP contribution in [0.2, 0.25) is 0 Å². The van der Waals surface area contributed by atoms with Gasteiger partial charge in [-0.2, -0.15) is 0 Å². The standard InChI is InChI=1S/C20H23N5O/c1-2-15(1)13-21-19-7-8-20-22-14-18(25(20)23-19)16-3-5-17(6-4-16)24-9-11-26-12-10-24/h3-8,14-15H,1-2,9-13H2,(H,21,23). The van der Waals surface area contributed by atoms with Crippen LogP contribution in [0, 0.1) is 5.92 Å². The lowest BCUT2D eigenvalue weighted by atomic mass is 10.1. The number of nitrogens with one attached hydrogen (secondary N) is 1. The summed E-state index contributed by atoms with van der Waals surface area (Å²) in [5.74, 6) is 1.73. The smallest absolute Gasteiger partial charge is 0.154 e. The molecule has 1 saturated heterocycles. The van der Waals surface area contributed by atoms with Gasteiger partial charge in [0.05, 0.1) is 25.1 Å². The summed E-state index contributed by atoms with van der Waals surface area (Å²) in [7, 11) is 0. The number of imidazole rings is 1. The van der Waals surface area contributed by atoms with Gasteiger partial charge in [0.2, 0.25) is 0 Å². The molecule has 6 nitrogen and oxygen atoms in total. The topological polar surface area (TPSA) is 54.7 Å². The number of ether oxygens (including phenoxy) is 1. The molecule has 2 aromatic heterocycles. The monoisotopic (exact) mass is 349 g/mol. The average molecular weight is 349 g/mol. The zero-order valence-corrected chi connectivity index (χ0v) is 14.8. The van der Waals surface area contributed by atoms with Crippen LogP contribution in [0.25, 0.3) is 16.9 Å². The third kappa shape index (κ3) is 3.12. The molecule has 1 aliphatic heterocycles. The summed E-state index contributed by atoms with van der Waals surface area (Å²) in [5, 5.41) is 8.18. The van der Waals surface area contributed by atoms with Gasteiger partial charge in [-0.05, 0) is 43.0 Å². The molecule has 3 heterocycles. The molecule has 0 amide bonds. The molecule has 1 saturated carbocycles. The van der Waals surface area contributed by atoms with Gasteiger partial charge in [0.1, 0.15) is 5.82 Å². The summed E-state index contributed by atoms with van der Waals surface area (Å²) in [6, 6.07) is 12.7. The van der Waals surface area contributed by atoms with Gasteiger partial charge in [-0.15, -0.1) is 5.10 Å². The number of hydrogen-bond acceptors (Lipinski definition) is 5. The number of nitrogens with zero attached hydrogens (tertiary/aromatic N) is 4. The van der Waals surface area contributed by atoms with Crippen LogP contribution in [0.1, 0.15) is 12.8 Å². The fraction of sp³-hybridized carbons (Fsp3) is 0.400. The van der Waals surface area contributed by atoms with E-state index in [9.17, 15) is 0 Å². The molecule has 1 aliphatic carbocycles. The maximum atomic E-state index is 5.43. The van der Waals surface area contributed by atoms with E-state index in [1.807, 2.05) is 22.8 Å². The summed E-state index contributed by atoms with van der Waals surface area (Å²) in [5.41, 5.74) is 4.25. The Morgan fingerprint density at radius 3 is 2.62 bits per heavy atom. The van der Waals surface area contributed by atoms with E-state index in [4.69, 9.17) is 9.84 Å². The summed E-state index contributed by atoms with van der Waals surface area (Å²) in [6.07, 6.45) is 4.57. The van der Waals surface area contributed by atoms with E-state index >= 15 is 0 Å². The van der Waals surface area contributed by atoms with Crippen molar-refractivity contribution in [2.24, 2.45) is 5.92 Å². The first-order chi connectivity index (χ1) is 12.9. The summed E-state index contributed by atoms with van der Waals surface area (Å²) in [4.78, 5) is 6.86. The van der Waals surface area contributed by atoms with E-state index in [-0.39, 0.29) is 0 Å². The van der Waals surface area contributed by atoms with Gasteiger partial charge in [-0.25, -0.2) is 9.50 Å². The predicted molar refractivity (Wildman–Crippen MR) is 103 cm³/mol. The highest BCUT2D eigenvalue weighted by Gasteiger charge is 2.21. The highest BCUT2D eigenvalue weighted by molar-refractivity contribution is 5.66. The Bertz CT molecular complexity index is 894. The van der Waals surface area contributed by atoms with E-state index in [0.717, 1.165) is 61.5 Å². The van der Waals surface area contributed by atoms with E-state index < -0.39 is 0 Å². The average Bonchev–Trinajstić information content (AvgIpc) is 3.45. The molecule has 2 fully saturated rings. The zero-order chi connectivity index (χ0) is 17.3. The van der Waals surface area contributed by atoms with E-state index in [2.05, 4.69) is 39.5 Å². The maximum Gasteiger partial charge on any atom is 0.154 e. The van der Waals surface area contributed by atoms with Crippen molar-refractivity contribution in [3.63, 3.8) is 0 Å². The number of morpholine rings is 1. The van der Waals surface area contributed by atoms with Crippen molar-refractivity contribution in [1.29, 1.82) is 0 Å². The molecule has 0 radical (unpaired) electrons. The minimum atomic E-state index is 0.801. The van der Waals surface area contributed by atoms with Crippen molar-refractivity contribution >= 4 is 17.2 Å². The third-order valence-electron chi connectivity index (χ3n) is 5.17. The SMILES string of the molecule is c1cc(N2CCOCC2)ccc1-c1cnc2ccc(NCC3CC3)nn12. The van der Waals surface area contributed by atoms with Crippen LogP contribution in [-0.2, 0) is 4.74 Å². The fourth-order valence-corrected chi connectivity index (χ4v) is 3.40. The van der Waals surface area contributed by atoms with Crippen LogP contribution >= 0.6 is 0 Å². The minimum absolute atomic E-state index is 0.801. The second kappa shape index (κ2) is 6.61. The molecule has 1 N–H and O–H groups in total. The first-order valence-corrected chi connectivity index (χ1v) is 9.39. The van der Waals surface area contributed by atoms with Crippen LogP contribution in [0.5, 0.6) is 0 Å². The predicted octanol–water partition coefficient (Wildman–Crippen LogP) is 3.05. The number of rotatable bonds is 5. The second-order valence-corrected chi connectivity index (χ2v) is 7.10. The molecule has 5 rings (SSSR count). The Hall–Kier alpha value is -2.60. The molecule has 134 valence electrons. The van der Waals surface area contributed by atoms with E-state index in [1.54, 1.807) is 0 Å². The van der Waals surface area contributed by atoms with Crippen LogP contribution < -0.4 is 10.2 Å². The minimum Gasteiger partial charge on any atom is -0.378 e. The largest absolute Gasteiger partial charge is 0.378 e. The summed E-state index contributed by atoms with van der Waals surface area (Å²) in [6.45, 7) is 4.51. The lowest BCUT2D eigenvalue weighted by Gasteiger charge is -2.28. The fourth-order valence-electron chi connectivity index (χ4n) is 3.40. The van der Waals surface area contributed by atoms with E-state index in [0.29, 0.717) is 0 Å². The third-order valence-corrected chi connectivity index (χ3v) is 5.17. The van der Waals surface area contributed by atoms with Crippen molar-refractivity contribution in [3.05, 3.63) is 42.6 Å². The van der Waals surface area contributed by atoms with Gasteiger partial charge < -0.3 is 15.0 Å². The van der Waals surface area contributed by atoms with Crippen molar-refractivity contribution in [3.8, 4) is 11.3 Å². The van der Waals surface area contributed by atoms with Crippen LogP contribution in [-0.4, -0.2) is 47.4 Å². The first kappa shape index (κ1) is 15.6. The van der Waals surface area contributed by atoms with Crippen molar-refractivity contribution in [1.82, 2.24) is 14.6 Å². The molecule has 0 unspecified atom stereocenters. The van der Waals surface area contributed by atoms with Crippen molar-refractivity contribution < 1.29 is 4.74 Å². The number of fused-ring (bicyclic) bond motifs is 1. The van der Waals surface area contributed by atoms with Crippen LogP contribution in [0.3, 0.4) is 0 Å². The van der Waals surface area contributed by atoms with Crippen LogP contribution in [0.4, 0.5) is 11.5 Å². The molecule has 2 aliphatic rings. The molecule has 6 heteroatoms. The molecule has 3 aromatic rings. The van der Waals surface area contributed by atoms with Gasteiger partial charge in [-0.1, -0.05) is 12.1 Å². The van der Waals surface area contributed by atoms with Gasteiger partial charge in [0, 0.05) is 30.9 Å². The Morgan fingerprint density at radius 2 is 1.85 bits per heavy atom. The molecule has 0 spiro atoms. The Balaban J connectivity index is 1.41. The molecule has 26 heavy (non-hydrogen) atoms. The Labute approximate surface area is 152 Å². The Morgan fingerprint density at radius 1 is 1.04 bits per heavy atom. The number of aromatic nitrogens is 3. The van der Waals surface area contributed by atoms with Gasteiger partial charge >= 0.3 is 0 Å². The lowest BCUT2D eigenvalue weighted by molar-refractivity contribution is 0.122. The number of anilines is 2. The normalized spacial score (nSPS) is 17.6. The van der Waals surface area contributed by atoms with Crippen molar-refractivity contribution in [2.75, 3.05) is 43.1 Å². The van der Waals surface area contributed by atoms with Crippen LogP contribution in [0.15, 0.2) is 42.6 Å². The van der Waals surface area contributed by atoms with Gasteiger partial charge in [0.15, 0.2) is 5.65 Å².